The highest BCUT2D eigenvalue weighted by Crippen LogP contribution is 2.14. The molecule has 1 N–H and O–H groups in total. The van der Waals surface area contributed by atoms with Crippen molar-refractivity contribution < 1.29 is 19.4 Å². The van der Waals surface area contributed by atoms with E-state index >= 15 is 0 Å². The van der Waals surface area contributed by atoms with Crippen LogP contribution in [0.3, 0.4) is 0 Å². The summed E-state index contributed by atoms with van der Waals surface area (Å²) in [5, 5.41) is 8.67. The fourth-order valence-electron chi connectivity index (χ4n) is 1.67. The van der Waals surface area contributed by atoms with Crippen LogP contribution >= 0.6 is 0 Å². The van der Waals surface area contributed by atoms with E-state index in [1.54, 1.807) is 6.20 Å². The van der Waals surface area contributed by atoms with Gasteiger partial charge >= 0.3 is 6.09 Å². The third-order valence-electron chi connectivity index (χ3n) is 2.58. The zero-order valence-corrected chi connectivity index (χ0v) is 12.6. The van der Waals surface area contributed by atoms with Crippen molar-refractivity contribution in [3.63, 3.8) is 0 Å². The van der Waals surface area contributed by atoms with Crippen LogP contribution in [-0.4, -0.2) is 48.1 Å². The van der Waals surface area contributed by atoms with Gasteiger partial charge in [0.05, 0.1) is 13.2 Å². The smallest absolute Gasteiger partial charge is 0.414 e. The summed E-state index contributed by atoms with van der Waals surface area (Å²) in [5.74, 6) is 0. The number of unbranched alkanes of at least 4 members (excludes halogenated alkanes) is 1. The molecule has 0 unspecified atom stereocenters. The van der Waals surface area contributed by atoms with E-state index in [9.17, 15) is 4.79 Å². The zero-order chi connectivity index (χ0) is 15.0. The Kier molecular flexibility index (Phi) is 6.75. The third kappa shape index (κ3) is 6.73. The van der Waals surface area contributed by atoms with Crippen molar-refractivity contribution in [2.45, 2.75) is 39.2 Å². The minimum absolute atomic E-state index is 0.196. The molecule has 0 atom stereocenters. The molecular weight excluding hydrogens is 258 g/mol. The molecule has 0 radical (unpaired) electrons. The minimum atomic E-state index is -0.493. The molecule has 0 spiro atoms. The van der Waals surface area contributed by atoms with Gasteiger partial charge in [-0.3, -0.25) is 4.90 Å². The van der Waals surface area contributed by atoms with Gasteiger partial charge in [-0.2, -0.15) is 0 Å². The van der Waals surface area contributed by atoms with Gasteiger partial charge in [0.15, 0.2) is 0 Å². The van der Waals surface area contributed by atoms with Gasteiger partial charge in [-0.1, -0.05) is 6.08 Å². The molecular formula is C15H25NO4. The molecule has 20 heavy (non-hydrogen) atoms. The van der Waals surface area contributed by atoms with Crippen molar-refractivity contribution in [2.24, 2.45) is 0 Å². The normalized spacial score (nSPS) is 15.2. The molecule has 0 aromatic carbocycles. The molecule has 0 bridgehead atoms. The van der Waals surface area contributed by atoms with Crippen molar-refractivity contribution in [2.75, 3.05) is 26.4 Å². The van der Waals surface area contributed by atoms with Crippen molar-refractivity contribution in [1.82, 2.24) is 4.90 Å². The molecule has 1 aliphatic rings. The van der Waals surface area contributed by atoms with Crippen LogP contribution in [0.25, 0.3) is 0 Å². The van der Waals surface area contributed by atoms with E-state index in [1.165, 1.54) is 4.90 Å². The summed E-state index contributed by atoms with van der Waals surface area (Å²) in [7, 11) is 0. The van der Waals surface area contributed by atoms with E-state index < -0.39 is 5.60 Å². The standard InChI is InChI=1S/C15H25NO4/c1-15(2,3)20-14(18)16-8-6-7-13(11-16)12-19-10-5-4-9-17/h6-8,17H,4-5,9-12H2,1-3H3. The number of ether oxygens (including phenoxy) is 2. The maximum Gasteiger partial charge on any atom is 0.414 e. The maximum absolute atomic E-state index is 11.9. The molecule has 0 saturated carbocycles. The lowest BCUT2D eigenvalue weighted by molar-refractivity contribution is 0.0339. The summed E-state index contributed by atoms with van der Waals surface area (Å²) in [6.45, 7) is 7.34. The first kappa shape index (κ1) is 16.7. The Balaban J connectivity index is 2.33. The Labute approximate surface area is 120 Å². The Morgan fingerprint density at radius 1 is 1.40 bits per heavy atom. The molecule has 1 heterocycles. The predicted octanol–water partition coefficient (Wildman–Crippen LogP) is 2.47. The van der Waals surface area contributed by atoms with Crippen LogP contribution in [0.4, 0.5) is 4.79 Å². The second kappa shape index (κ2) is 8.07. The van der Waals surface area contributed by atoms with E-state index in [1.807, 2.05) is 32.9 Å². The number of carbonyl (C=O) groups excluding carboxylic acids is 1. The van der Waals surface area contributed by atoms with Gasteiger partial charge in [-0.15, -0.1) is 0 Å². The summed E-state index contributed by atoms with van der Waals surface area (Å²) in [4.78, 5) is 13.5. The highest BCUT2D eigenvalue weighted by Gasteiger charge is 2.22. The number of rotatable bonds is 6. The Morgan fingerprint density at radius 2 is 2.15 bits per heavy atom. The van der Waals surface area contributed by atoms with Crippen LogP contribution in [0.1, 0.15) is 33.6 Å². The summed E-state index contributed by atoms with van der Waals surface area (Å²) >= 11 is 0. The number of hydrogen-bond donors (Lipinski definition) is 1. The van der Waals surface area contributed by atoms with Crippen LogP contribution < -0.4 is 0 Å². The number of aliphatic hydroxyl groups is 1. The number of nitrogens with zero attached hydrogens (tertiary/aromatic N) is 1. The zero-order valence-electron chi connectivity index (χ0n) is 12.6. The molecule has 5 nitrogen and oxygen atoms in total. The molecule has 114 valence electrons. The van der Waals surface area contributed by atoms with Crippen LogP contribution in [0.2, 0.25) is 0 Å². The Hall–Kier alpha value is -1.33. The number of amides is 1. The average Bonchev–Trinajstić information content (AvgIpc) is 2.37. The minimum Gasteiger partial charge on any atom is -0.443 e. The largest absolute Gasteiger partial charge is 0.443 e. The van der Waals surface area contributed by atoms with Gasteiger partial charge in [0.1, 0.15) is 5.60 Å². The Morgan fingerprint density at radius 3 is 2.80 bits per heavy atom. The summed E-state index contributed by atoms with van der Waals surface area (Å²) < 4.78 is 10.8. The first-order valence-electron chi connectivity index (χ1n) is 6.97. The molecule has 5 heteroatoms. The monoisotopic (exact) mass is 283 g/mol. The van der Waals surface area contributed by atoms with E-state index in [-0.39, 0.29) is 12.7 Å². The van der Waals surface area contributed by atoms with E-state index in [0.717, 1.165) is 18.4 Å². The van der Waals surface area contributed by atoms with Crippen LogP contribution in [0, 0.1) is 0 Å². The van der Waals surface area contributed by atoms with Gasteiger partial charge in [-0.25, -0.2) is 4.79 Å². The fourth-order valence-corrected chi connectivity index (χ4v) is 1.67. The molecule has 0 saturated heterocycles. The Bertz CT molecular complexity index is 369. The topological polar surface area (TPSA) is 59.0 Å². The van der Waals surface area contributed by atoms with Crippen molar-refractivity contribution >= 4 is 6.09 Å². The average molecular weight is 283 g/mol. The molecule has 1 amide bonds. The molecule has 0 aliphatic carbocycles. The predicted molar refractivity (Wildman–Crippen MR) is 77.3 cm³/mol. The van der Waals surface area contributed by atoms with Crippen LogP contribution in [0.5, 0.6) is 0 Å². The first-order chi connectivity index (χ1) is 9.42. The lowest BCUT2D eigenvalue weighted by Crippen LogP contribution is -2.36. The van der Waals surface area contributed by atoms with Gasteiger partial charge in [0.25, 0.3) is 0 Å². The third-order valence-corrected chi connectivity index (χ3v) is 2.58. The van der Waals surface area contributed by atoms with Crippen LogP contribution in [0.15, 0.2) is 23.9 Å². The fraction of sp³-hybridized carbons (Fsp3) is 0.667. The van der Waals surface area contributed by atoms with Crippen LogP contribution in [-0.2, 0) is 9.47 Å². The van der Waals surface area contributed by atoms with Crippen molar-refractivity contribution in [1.29, 1.82) is 0 Å². The summed E-state index contributed by atoms with van der Waals surface area (Å²) in [6, 6.07) is 0. The molecule has 0 aromatic rings. The lowest BCUT2D eigenvalue weighted by Gasteiger charge is -2.27. The van der Waals surface area contributed by atoms with E-state index in [4.69, 9.17) is 14.6 Å². The lowest BCUT2D eigenvalue weighted by atomic mass is 10.2. The number of hydrogen-bond acceptors (Lipinski definition) is 4. The van der Waals surface area contributed by atoms with Gasteiger partial charge in [0, 0.05) is 19.4 Å². The van der Waals surface area contributed by atoms with Gasteiger partial charge < -0.3 is 14.6 Å². The van der Waals surface area contributed by atoms with Crippen molar-refractivity contribution in [3.05, 3.63) is 23.9 Å². The second-order valence-corrected chi connectivity index (χ2v) is 5.76. The number of allylic oxidation sites excluding steroid dienone is 2. The highest BCUT2D eigenvalue weighted by molar-refractivity contribution is 5.70. The SMILES string of the molecule is CC(C)(C)OC(=O)N1C=CC=C(COCCCCO)C1. The molecule has 0 aromatic heterocycles. The van der Waals surface area contributed by atoms with E-state index in [2.05, 4.69) is 0 Å². The van der Waals surface area contributed by atoms with Gasteiger partial charge in [0.2, 0.25) is 0 Å². The highest BCUT2D eigenvalue weighted by atomic mass is 16.6. The molecule has 1 rings (SSSR count). The summed E-state index contributed by atoms with van der Waals surface area (Å²) in [6.07, 6.45) is 6.73. The van der Waals surface area contributed by atoms with E-state index in [0.29, 0.717) is 19.8 Å². The molecule has 0 fully saturated rings. The quantitative estimate of drug-likeness (QED) is 0.761. The number of aliphatic hydroxyl groups excluding tert-OH is 1. The number of carbonyl (C=O) groups is 1. The van der Waals surface area contributed by atoms with Gasteiger partial charge in [-0.05, 0) is 45.3 Å². The second-order valence-electron chi connectivity index (χ2n) is 5.76. The maximum atomic E-state index is 11.9. The molecule has 1 aliphatic heterocycles. The first-order valence-corrected chi connectivity index (χ1v) is 6.97. The summed E-state index contributed by atoms with van der Waals surface area (Å²) in [5.41, 5.74) is 0.537. The van der Waals surface area contributed by atoms with Crippen molar-refractivity contribution in [3.8, 4) is 0 Å².